The number of benzene rings is 2. The fourth-order valence-electron chi connectivity index (χ4n) is 2.02. The van der Waals surface area contributed by atoms with E-state index >= 15 is 0 Å². The molecule has 3 rings (SSSR count). The van der Waals surface area contributed by atoms with Crippen LogP contribution in [0.5, 0.6) is 0 Å². The van der Waals surface area contributed by atoms with E-state index in [1.165, 1.54) is 22.5 Å². The lowest BCUT2D eigenvalue weighted by atomic mass is 10.2. The van der Waals surface area contributed by atoms with Crippen molar-refractivity contribution in [1.82, 2.24) is 14.9 Å². The number of nitrogens with zero attached hydrogens (tertiary/aromatic N) is 3. The van der Waals surface area contributed by atoms with E-state index in [0.29, 0.717) is 16.5 Å². The molecular weight excluding hydrogens is 367 g/mol. The number of nitrogen functional groups attached to an aromatic ring is 1. The molecule has 3 aromatic rings. The summed E-state index contributed by atoms with van der Waals surface area (Å²) in [5.41, 5.74) is 0.342. The highest BCUT2D eigenvalue weighted by atomic mass is 35.5. The van der Waals surface area contributed by atoms with Crippen LogP contribution in [0.15, 0.2) is 58.6 Å². The largest absolute Gasteiger partial charge is 0.335 e. The number of aromatic nitrogens is 3. The van der Waals surface area contributed by atoms with Crippen molar-refractivity contribution in [2.24, 2.45) is 0 Å². The van der Waals surface area contributed by atoms with Gasteiger partial charge in [-0.1, -0.05) is 35.5 Å². The van der Waals surface area contributed by atoms with Crippen LogP contribution in [-0.2, 0) is 0 Å². The number of rotatable bonds is 6. The lowest BCUT2D eigenvalue weighted by molar-refractivity contribution is 0.629. The van der Waals surface area contributed by atoms with Crippen LogP contribution in [0.3, 0.4) is 0 Å². The van der Waals surface area contributed by atoms with E-state index in [9.17, 15) is 4.39 Å². The molecule has 0 bridgehead atoms. The molecule has 0 saturated heterocycles. The molecule has 1 aromatic heterocycles. The second kappa shape index (κ2) is 7.92. The Morgan fingerprint density at radius 2 is 1.71 bits per heavy atom. The van der Waals surface area contributed by atoms with Gasteiger partial charge in [-0.25, -0.2) is 9.07 Å². The first-order valence-electron chi connectivity index (χ1n) is 7.11. The van der Waals surface area contributed by atoms with Crippen molar-refractivity contribution in [1.29, 1.82) is 0 Å². The van der Waals surface area contributed by atoms with Crippen LogP contribution in [0.25, 0.3) is 11.4 Å². The predicted octanol–water partition coefficient (Wildman–Crippen LogP) is 4.34. The Morgan fingerprint density at radius 1 is 1.00 bits per heavy atom. The summed E-state index contributed by atoms with van der Waals surface area (Å²) in [4.78, 5) is 1.15. The highest BCUT2D eigenvalue weighted by Crippen LogP contribution is 2.26. The van der Waals surface area contributed by atoms with E-state index in [1.54, 1.807) is 30.0 Å². The highest BCUT2D eigenvalue weighted by molar-refractivity contribution is 8.02. The Balaban J connectivity index is 1.59. The first-order valence-corrected chi connectivity index (χ1v) is 9.46. The van der Waals surface area contributed by atoms with Gasteiger partial charge in [0.15, 0.2) is 5.82 Å². The van der Waals surface area contributed by atoms with Crippen LogP contribution in [0.1, 0.15) is 0 Å². The monoisotopic (exact) mass is 380 g/mol. The summed E-state index contributed by atoms with van der Waals surface area (Å²) in [6.07, 6.45) is 0. The standard InChI is InChI=1S/C16H14ClFN4S2/c17-11-5-7-12(8-6-11)23-9-10-24-16-21-20-15(22(16)19)13-3-1-2-4-14(13)18/h1-8H,9-10,19H2. The van der Waals surface area contributed by atoms with Crippen LogP contribution in [0.4, 0.5) is 4.39 Å². The summed E-state index contributed by atoms with van der Waals surface area (Å²) in [5.74, 6) is 7.64. The summed E-state index contributed by atoms with van der Waals surface area (Å²) in [6.45, 7) is 0. The Bertz CT molecular complexity index is 823. The molecule has 4 nitrogen and oxygen atoms in total. The zero-order valence-electron chi connectivity index (χ0n) is 12.5. The minimum absolute atomic E-state index is 0.320. The Morgan fingerprint density at radius 3 is 2.46 bits per heavy atom. The molecule has 0 atom stereocenters. The first-order chi connectivity index (χ1) is 11.6. The van der Waals surface area contributed by atoms with Crippen molar-refractivity contribution in [3.05, 3.63) is 59.4 Å². The van der Waals surface area contributed by atoms with Crippen molar-refractivity contribution in [3.8, 4) is 11.4 Å². The topological polar surface area (TPSA) is 56.7 Å². The van der Waals surface area contributed by atoms with Gasteiger partial charge < -0.3 is 5.84 Å². The fraction of sp³-hybridized carbons (Fsp3) is 0.125. The third-order valence-electron chi connectivity index (χ3n) is 3.18. The molecule has 0 aliphatic carbocycles. The molecule has 8 heteroatoms. The number of hydrogen-bond acceptors (Lipinski definition) is 5. The molecule has 0 fully saturated rings. The van der Waals surface area contributed by atoms with Gasteiger partial charge in [0.25, 0.3) is 0 Å². The maximum atomic E-state index is 13.8. The van der Waals surface area contributed by atoms with Gasteiger partial charge in [-0.3, -0.25) is 0 Å². The van der Waals surface area contributed by atoms with E-state index in [-0.39, 0.29) is 5.82 Å². The van der Waals surface area contributed by atoms with Crippen LogP contribution in [0.2, 0.25) is 5.02 Å². The molecule has 1 heterocycles. The zero-order chi connectivity index (χ0) is 16.9. The zero-order valence-corrected chi connectivity index (χ0v) is 14.9. The summed E-state index contributed by atoms with van der Waals surface area (Å²) < 4.78 is 15.2. The molecule has 0 spiro atoms. The normalized spacial score (nSPS) is 10.9. The van der Waals surface area contributed by atoms with Crippen molar-refractivity contribution in [2.45, 2.75) is 10.1 Å². The average molecular weight is 381 g/mol. The highest BCUT2D eigenvalue weighted by Gasteiger charge is 2.14. The summed E-state index contributed by atoms with van der Waals surface area (Å²) >= 11 is 9.07. The second-order valence-corrected chi connectivity index (χ2v) is 7.47. The number of thioether (sulfide) groups is 2. The Hall–Kier alpha value is -1.70. The second-order valence-electron chi connectivity index (χ2n) is 4.81. The number of halogens is 2. The maximum absolute atomic E-state index is 13.8. The lowest BCUT2D eigenvalue weighted by Crippen LogP contribution is -2.12. The van der Waals surface area contributed by atoms with Crippen molar-refractivity contribution < 1.29 is 4.39 Å². The van der Waals surface area contributed by atoms with E-state index in [1.807, 2.05) is 24.3 Å². The van der Waals surface area contributed by atoms with Gasteiger partial charge in [0.05, 0.1) is 5.56 Å². The molecule has 0 saturated carbocycles. The lowest BCUT2D eigenvalue weighted by Gasteiger charge is -2.05. The summed E-state index contributed by atoms with van der Waals surface area (Å²) in [5, 5.41) is 9.33. The van der Waals surface area contributed by atoms with Crippen LogP contribution in [0, 0.1) is 5.82 Å². The predicted molar refractivity (Wildman–Crippen MR) is 98.5 cm³/mol. The number of nitrogens with two attached hydrogens (primary N) is 1. The Kier molecular flexibility index (Phi) is 5.65. The van der Waals surface area contributed by atoms with Gasteiger partial charge in [-0.15, -0.1) is 22.0 Å². The van der Waals surface area contributed by atoms with Crippen LogP contribution < -0.4 is 5.84 Å². The van der Waals surface area contributed by atoms with Gasteiger partial charge in [0.1, 0.15) is 5.82 Å². The van der Waals surface area contributed by atoms with Crippen molar-refractivity contribution >= 4 is 35.1 Å². The van der Waals surface area contributed by atoms with E-state index in [0.717, 1.165) is 21.4 Å². The molecular formula is C16H14ClFN4S2. The molecule has 0 radical (unpaired) electrons. The number of hydrogen-bond donors (Lipinski definition) is 1. The minimum Gasteiger partial charge on any atom is -0.335 e. The summed E-state index contributed by atoms with van der Waals surface area (Å²) in [7, 11) is 0. The molecule has 0 aliphatic heterocycles. The van der Waals surface area contributed by atoms with Gasteiger partial charge in [0, 0.05) is 21.4 Å². The van der Waals surface area contributed by atoms with Gasteiger partial charge in [-0.2, -0.15) is 0 Å². The smallest absolute Gasteiger partial charge is 0.210 e. The summed E-state index contributed by atoms with van der Waals surface area (Å²) in [6, 6.07) is 14.1. The first kappa shape index (κ1) is 17.1. The average Bonchev–Trinajstić information content (AvgIpc) is 2.94. The molecule has 0 aliphatic rings. The van der Waals surface area contributed by atoms with E-state index < -0.39 is 0 Å². The van der Waals surface area contributed by atoms with E-state index in [4.69, 9.17) is 17.4 Å². The van der Waals surface area contributed by atoms with Crippen molar-refractivity contribution in [2.75, 3.05) is 17.3 Å². The third-order valence-corrected chi connectivity index (χ3v) is 5.65. The van der Waals surface area contributed by atoms with Crippen LogP contribution in [-0.4, -0.2) is 26.4 Å². The van der Waals surface area contributed by atoms with Crippen LogP contribution >= 0.6 is 35.1 Å². The molecule has 0 unspecified atom stereocenters. The van der Waals surface area contributed by atoms with Gasteiger partial charge >= 0.3 is 0 Å². The van der Waals surface area contributed by atoms with Gasteiger partial charge in [0.2, 0.25) is 5.16 Å². The molecule has 24 heavy (non-hydrogen) atoms. The molecule has 124 valence electrons. The Labute approximate surface area is 152 Å². The SMILES string of the molecule is Nn1c(SCCSc2ccc(Cl)cc2)nnc1-c1ccccc1F. The molecule has 2 aromatic carbocycles. The van der Waals surface area contributed by atoms with Crippen molar-refractivity contribution in [3.63, 3.8) is 0 Å². The minimum atomic E-state index is -0.369. The quantitative estimate of drug-likeness (QED) is 0.391. The van der Waals surface area contributed by atoms with E-state index in [2.05, 4.69) is 10.2 Å². The molecule has 0 amide bonds. The fourth-order valence-corrected chi connectivity index (χ4v) is 3.89. The molecule has 2 N–H and O–H groups in total. The third kappa shape index (κ3) is 4.03. The maximum Gasteiger partial charge on any atom is 0.210 e. The van der Waals surface area contributed by atoms with Gasteiger partial charge in [-0.05, 0) is 36.4 Å².